The van der Waals surface area contributed by atoms with Crippen LogP contribution in [0, 0.1) is 12.7 Å². The van der Waals surface area contributed by atoms with Gasteiger partial charge in [-0.15, -0.1) is 5.10 Å². The van der Waals surface area contributed by atoms with Crippen molar-refractivity contribution in [3.8, 4) is 0 Å². The second-order valence-corrected chi connectivity index (χ2v) is 5.96. The van der Waals surface area contributed by atoms with Gasteiger partial charge in [-0.1, -0.05) is 21.0 Å². The molecule has 3 rings (SSSR count). The number of aromatic nitrogens is 2. The van der Waals surface area contributed by atoms with Gasteiger partial charge in [-0.25, -0.2) is 4.39 Å². The molecule has 1 aromatic carbocycles. The van der Waals surface area contributed by atoms with Gasteiger partial charge in [0, 0.05) is 43.1 Å². The monoisotopic (exact) mass is 368 g/mol. The molecule has 0 radical (unpaired) electrons. The summed E-state index contributed by atoms with van der Waals surface area (Å²) in [5, 5.41) is 7.77. The number of halogens is 2. The maximum absolute atomic E-state index is 13.4. The van der Waals surface area contributed by atoms with Gasteiger partial charge in [0.15, 0.2) is 0 Å². The normalized spacial score (nSPS) is 15.2. The fourth-order valence-electron chi connectivity index (χ4n) is 2.37. The van der Waals surface area contributed by atoms with Gasteiger partial charge >= 0.3 is 6.01 Å². The van der Waals surface area contributed by atoms with Crippen LogP contribution in [0.1, 0.15) is 16.2 Å². The zero-order valence-corrected chi connectivity index (χ0v) is 13.5. The molecule has 116 valence electrons. The van der Waals surface area contributed by atoms with Crippen molar-refractivity contribution in [1.29, 1.82) is 0 Å². The summed E-state index contributed by atoms with van der Waals surface area (Å²) in [6.45, 7) is 3.98. The van der Waals surface area contributed by atoms with Gasteiger partial charge in [0.1, 0.15) is 5.82 Å². The first-order chi connectivity index (χ1) is 10.5. The second-order valence-electron chi connectivity index (χ2n) is 5.04. The van der Waals surface area contributed by atoms with Crippen LogP contribution in [0.15, 0.2) is 27.1 Å². The largest absolute Gasteiger partial charge is 0.408 e. The molecular weight excluding hydrogens is 355 g/mol. The average molecular weight is 369 g/mol. The van der Waals surface area contributed by atoms with Gasteiger partial charge in [0.05, 0.1) is 0 Å². The first kappa shape index (κ1) is 15.0. The van der Waals surface area contributed by atoms with Crippen molar-refractivity contribution in [2.45, 2.75) is 6.92 Å². The Bertz CT molecular complexity index is 678. The van der Waals surface area contributed by atoms with Crippen molar-refractivity contribution in [3.63, 3.8) is 0 Å². The van der Waals surface area contributed by atoms with E-state index in [-0.39, 0.29) is 5.91 Å². The van der Waals surface area contributed by atoms with E-state index in [0.717, 1.165) is 0 Å². The molecule has 0 saturated carbocycles. The lowest BCUT2D eigenvalue weighted by Gasteiger charge is -2.33. The van der Waals surface area contributed by atoms with Gasteiger partial charge in [-0.05, 0) is 18.2 Å². The maximum Gasteiger partial charge on any atom is 0.318 e. The Labute approximate surface area is 135 Å². The summed E-state index contributed by atoms with van der Waals surface area (Å²) in [7, 11) is 0. The third kappa shape index (κ3) is 3.11. The lowest BCUT2D eigenvalue weighted by molar-refractivity contribution is 0.0744. The first-order valence-electron chi connectivity index (χ1n) is 6.83. The summed E-state index contributed by atoms with van der Waals surface area (Å²) >= 11 is 3.20. The summed E-state index contributed by atoms with van der Waals surface area (Å²) in [4.78, 5) is 16.1. The van der Waals surface area contributed by atoms with E-state index in [1.807, 2.05) is 4.90 Å². The molecule has 2 aromatic rings. The highest BCUT2D eigenvalue weighted by atomic mass is 79.9. The lowest BCUT2D eigenvalue weighted by Crippen LogP contribution is -2.49. The minimum absolute atomic E-state index is 0.179. The van der Waals surface area contributed by atoms with Gasteiger partial charge in [0.2, 0.25) is 5.89 Å². The Morgan fingerprint density at radius 2 is 1.95 bits per heavy atom. The molecule has 1 aliphatic heterocycles. The van der Waals surface area contributed by atoms with E-state index in [4.69, 9.17) is 4.42 Å². The molecule has 0 bridgehead atoms. The Kier molecular flexibility index (Phi) is 4.10. The molecule has 22 heavy (non-hydrogen) atoms. The maximum atomic E-state index is 13.4. The van der Waals surface area contributed by atoms with E-state index >= 15 is 0 Å². The summed E-state index contributed by atoms with van der Waals surface area (Å²) in [5.41, 5.74) is 0.342. The Hall–Kier alpha value is -1.96. The van der Waals surface area contributed by atoms with Crippen LogP contribution in [0.25, 0.3) is 0 Å². The van der Waals surface area contributed by atoms with E-state index < -0.39 is 5.82 Å². The van der Waals surface area contributed by atoms with Crippen molar-refractivity contribution >= 4 is 27.9 Å². The number of carbonyl (C=O) groups excluding carboxylic acids is 1. The second kappa shape index (κ2) is 6.04. The Morgan fingerprint density at radius 3 is 2.55 bits per heavy atom. The number of amides is 1. The van der Waals surface area contributed by atoms with E-state index in [1.165, 1.54) is 12.1 Å². The number of hydrogen-bond acceptors (Lipinski definition) is 5. The van der Waals surface area contributed by atoms with E-state index in [2.05, 4.69) is 26.1 Å². The van der Waals surface area contributed by atoms with E-state index in [0.29, 0.717) is 48.1 Å². The number of anilines is 1. The molecule has 0 atom stereocenters. The molecule has 0 N–H and O–H groups in total. The SMILES string of the molecule is Cc1nnc(N2CCN(C(=O)c3cc(F)cc(Br)c3)CC2)o1. The highest BCUT2D eigenvalue weighted by Gasteiger charge is 2.25. The Morgan fingerprint density at radius 1 is 1.23 bits per heavy atom. The lowest BCUT2D eigenvalue weighted by atomic mass is 10.2. The van der Waals surface area contributed by atoms with Gasteiger partial charge in [-0.2, -0.15) is 0 Å². The first-order valence-corrected chi connectivity index (χ1v) is 7.62. The molecule has 0 unspecified atom stereocenters. The summed E-state index contributed by atoms with van der Waals surface area (Å²) in [5.74, 6) is -0.0997. The highest BCUT2D eigenvalue weighted by molar-refractivity contribution is 9.10. The molecular formula is C14H14BrFN4O2. The molecule has 6 nitrogen and oxygen atoms in total. The highest BCUT2D eigenvalue weighted by Crippen LogP contribution is 2.19. The predicted octanol–water partition coefficient (Wildman–Crippen LogP) is 2.24. The van der Waals surface area contributed by atoms with Gasteiger partial charge < -0.3 is 14.2 Å². The quantitative estimate of drug-likeness (QED) is 0.813. The molecule has 1 aliphatic rings. The van der Waals surface area contributed by atoms with Crippen LogP contribution in [-0.2, 0) is 0 Å². The Balaban J connectivity index is 1.67. The van der Waals surface area contributed by atoms with Crippen LogP contribution in [-0.4, -0.2) is 47.2 Å². The molecule has 1 fully saturated rings. The number of aryl methyl sites for hydroxylation is 1. The van der Waals surface area contributed by atoms with E-state index in [1.54, 1.807) is 17.9 Å². The smallest absolute Gasteiger partial charge is 0.318 e. The summed E-state index contributed by atoms with van der Waals surface area (Å²) < 4.78 is 19.3. The van der Waals surface area contributed by atoms with Gasteiger partial charge in [0.25, 0.3) is 5.91 Å². The summed E-state index contributed by atoms with van der Waals surface area (Å²) in [6.07, 6.45) is 0. The van der Waals surface area contributed by atoms with Crippen LogP contribution in [0.3, 0.4) is 0 Å². The topological polar surface area (TPSA) is 62.5 Å². The fourth-order valence-corrected chi connectivity index (χ4v) is 2.84. The third-order valence-corrected chi connectivity index (χ3v) is 3.92. The molecule has 0 spiro atoms. The molecule has 1 saturated heterocycles. The predicted molar refractivity (Wildman–Crippen MR) is 81.3 cm³/mol. The zero-order chi connectivity index (χ0) is 15.7. The average Bonchev–Trinajstić information content (AvgIpc) is 2.92. The van der Waals surface area contributed by atoms with Crippen LogP contribution in [0.4, 0.5) is 10.4 Å². The van der Waals surface area contributed by atoms with Crippen LogP contribution in [0.2, 0.25) is 0 Å². The number of nitrogens with zero attached hydrogens (tertiary/aromatic N) is 4. The number of rotatable bonds is 2. The third-order valence-electron chi connectivity index (χ3n) is 3.46. The number of benzene rings is 1. The minimum Gasteiger partial charge on any atom is -0.408 e. The number of hydrogen-bond donors (Lipinski definition) is 0. The van der Waals surface area contributed by atoms with Crippen LogP contribution in [0.5, 0.6) is 0 Å². The van der Waals surface area contributed by atoms with Gasteiger partial charge in [-0.3, -0.25) is 4.79 Å². The molecule has 2 heterocycles. The zero-order valence-electron chi connectivity index (χ0n) is 11.9. The van der Waals surface area contributed by atoms with Crippen molar-refractivity contribution in [2.75, 3.05) is 31.1 Å². The molecule has 1 aromatic heterocycles. The van der Waals surface area contributed by atoms with Crippen molar-refractivity contribution in [2.24, 2.45) is 0 Å². The summed E-state index contributed by atoms with van der Waals surface area (Å²) in [6, 6.07) is 4.67. The minimum atomic E-state index is -0.433. The standard InChI is InChI=1S/C14H14BrFN4O2/c1-9-17-18-14(22-9)20-4-2-19(3-5-20)13(21)10-6-11(15)8-12(16)7-10/h6-8H,2-5H2,1H3. The molecule has 8 heteroatoms. The van der Waals surface area contributed by atoms with Crippen LogP contribution >= 0.6 is 15.9 Å². The van der Waals surface area contributed by atoms with E-state index in [9.17, 15) is 9.18 Å². The number of piperazine rings is 1. The number of carbonyl (C=O) groups is 1. The molecule has 0 aliphatic carbocycles. The van der Waals surface area contributed by atoms with Crippen molar-refractivity contribution < 1.29 is 13.6 Å². The van der Waals surface area contributed by atoms with Crippen LogP contribution < -0.4 is 4.90 Å². The fraction of sp³-hybridized carbons (Fsp3) is 0.357. The van der Waals surface area contributed by atoms with Crippen molar-refractivity contribution in [1.82, 2.24) is 15.1 Å². The van der Waals surface area contributed by atoms with Crippen molar-refractivity contribution in [3.05, 3.63) is 39.9 Å². The molecule has 1 amide bonds.